The Kier molecular flexibility index (Phi) is 7.09. The summed E-state index contributed by atoms with van der Waals surface area (Å²) in [5, 5.41) is 6.40. The molecule has 0 spiro atoms. The first kappa shape index (κ1) is 29.4. The van der Waals surface area contributed by atoms with Gasteiger partial charge in [-0.15, -0.1) is 0 Å². The average Bonchev–Trinajstić information content (AvgIpc) is 3.00. The molecular formula is C36H32Br2N2O4. The van der Waals surface area contributed by atoms with Crippen molar-refractivity contribution in [3.05, 3.63) is 67.6 Å². The van der Waals surface area contributed by atoms with Crippen LogP contribution in [-0.4, -0.2) is 45.5 Å². The van der Waals surface area contributed by atoms with Crippen LogP contribution in [0.4, 0.5) is 0 Å². The van der Waals surface area contributed by atoms with Gasteiger partial charge in [0.15, 0.2) is 0 Å². The largest absolute Gasteiger partial charge is 0.272 e. The maximum atomic E-state index is 14.0. The van der Waals surface area contributed by atoms with Crippen LogP contribution in [0.5, 0.6) is 0 Å². The van der Waals surface area contributed by atoms with E-state index in [0.29, 0.717) is 33.0 Å². The zero-order valence-electron chi connectivity index (χ0n) is 25.1. The Bertz CT molecular complexity index is 1950. The summed E-state index contributed by atoms with van der Waals surface area (Å²) >= 11 is 7.60. The number of rotatable bonds is 8. The minimum Gasteiger partial charge on any atom is -0.272 e. The number of fused-ring (bicyclic) bond motifs is 2. The number of nitrogens with zero attached hydrogens (tertiary/aromatic N) is 2. The maximum Gasteiger partial charge on any atom is 0.261 e. The molecule has 0 N–H and O–H groups in total. The van der Waals surface area contributed by atoms with Crippen molar-refractivity contribution in [1.29, 1.82) is 0 Å². The molecule has 5 aromatic carbocycles. The standard InChI is InChI=1S/C36H32Br2N2O4/c1-5-7-9-17(3)39-33(41)21-13-11-19-30-26(38)16-24-28-22(34(42)40(36(24)44)18(4)10-8-6-2)14-12-20(32(28)30)29-25(37)15-23(35(39)43)27(21)31(19)29/h11-18H,5-10H2,1-4H3. The number of carbonyl (C=O) groups is 4. The van der Waals surface area contributed by atoms with Gasteiger partial charge in [-0.05, 0) is 61.7 Å². The summed E-state index contributed by atoms with van der Waals surface area (Å²) in [6, 6.07) is 10.8. The monoisotopic (exact) mass is 714 g/mol. The van der Waals surface area contributed by atoms with Crippen LogP contribution >= 0.6 is 31.9 Å². The van der Waals surface area contributed by atoms with Crippen molar-refractivity contribution < 1.29 is 19.2 Å². The number of unbranched alkanes of at least 4 members (excludes halogenated alkanes) is 2. The second-order valence-corrected chi connectivity index (χ2v) is 14.0. The normalized spacial score (nSPS) is 16.4. The lowest BCUT2D eigenvalue weighted by Crippen LogP contribution is -2.46. The molecule has 224 valence electrons. The van der Waals surface area contributed by atoms with Gasteiger partial charge in [0.2, 0.25) is 0 Å². The quantitative estimate of drug-likeness (QED) is 0.0911. The highest BCUT2D eigenvalue weighted by Gasteiger charge is 2.40. The first-order chi connectivity index (χ1) is 21.1. The summed E-state index contributed by atoms with van der Waals surface area (Å²) in [5.74, 6) is -1.10. The molecule has 0 bridgehead atoms. The van der Waals surface area contributed by atoms with Gasteiger partial charge in [-0.3, -0.25) is 29.0 Å². The summed E-state index contributed by atoms with van der Waals surface area (Å²) in [6.45, 7) is 8.08. The summed E-state index contributed by atoms with van der Waals surface area (Å²) in [7, 11) is 0. The molecule has 2 unspecified atom stereocenters. The molecule has 0 radical (unpaired) electrons. The number of imide groups is 2. The van der Waals surface area contributed by atoms with Gasteiger partial charge in [-0.2, -0.15) is 0 Å². The van der Waals surface area contributed by atoms with E-state index in [4.69, 9.17) is 0 Å². The number of halogens is 2. The van der Waals surface area contributed by atoms with E-state index in [2.05, 4.69) is 45.7 Å². The molecular weight excluding hydrogens is 684 g/mol. The third-order valence-electron chi connectivity index (χ3n) is 9.64. The van der Waals surface area contributed by atoms with Crippen molar-refractivity contribution in [2.75, 3.05) is 0 Å². The maximum absolute atomic E-state index is 14.0. The number of hydrogen-bond acceptors (Lipinski definition) is 4. The molecule has 0 fully saturated rings. The summed E-state index contributed by atoms with van der Waals surface area (Å²) < 4.78 is 1.46. The van der Waals surface area contributed by atoms with Crippen LogP contribution < -0.4 is 0 Å². The van der Waals surface area contributed by atoms with Gasteiger partial charge in [0.05, 0.1) is 0 Å². The molecule has 5 aromatic rings. The van der Waals surface area contributed by atoms with E-state index in [-0.39, 0.29) is 35.7 Å². The van der Waals surface area contributed by atoms with Crippen molar-refractivity contribution >= 4 is 98.6 Å². The molecule has 2 aliphatic heterocycles. The van der Waals surface area contributed by atoms with Gasteiger partial charge >= 0.3 is 0 Å². The molecule has 0 aromatic heterocycles. The fraction of sp³-hybridized carbons (Fsp3) is 0.333. The topological polar surface area (TPSA) is 74.8 Å². The first-order valence-corrected chi connectivity index (χ1v) is 17.1. The van der Waals surface area contributed by atoms with Crippen LogP contribution in [0.25, 0.3) is 43.1 Å². The van der Waals surface area contributed by atoms with E-state index in [9.17, 15) is 19.2 Å². The third kappa shape index (κ3) is 3.89. The second kappa shape index (κ2) is 10.6. The zero-order chi connectivity index (χ0) is 31.2. The van der Waals surface area contributed by atoms with E-state index in [1.54, 1.807) is 0 Å². The lowest BCUT2D eigenvalue weighted by atomic mass is 9.82. The van der Waals surface area contributed by atoms with Crippen molar-refractivity contribution in [2.24, 2.45) is 0 Å². The Morgan fingerprint density at radius 3 is 1.27 bits per heavy atom. The molecule has 2 atom stereocenters. The summed E-state index contributed by atoms with van der Waals surface area (Å²) in [5.41, 5.74) is 2.04. The van der Waals surface area contributed by atoms with Gasteiger partial charge in [-0.25, -0.2) is 0 Å². The lowest BCUT2D eigenvalue weighted by Gasteiger charge is -2.34. The lowest BCUT2D eigenvalue weighted by molar-refractivity contribution is 0.0527. The molecule has 44 heavy (non-hydrogen) atoms. The Labute approximate surface area is 272 Å². The van der Waals surface area contributed by atoms with E-state index in [1.807, 2.05) is 50.2 Å². The van der Waals surface area contributed by atoms with Gasteiger partial charge < -0.3 is 0 Å². The van der Waals surface area contributed by atoms with Gasteiger partial charge in [0.25, 0.3) is 23.6 Å². The molecule has 0 saturated carbocycles. The Hall–Kier alpha value is -3.36. The Morgan fingerprint density at radius 2 is 0.909 bits per heavy atom. The molecule has 2 aliphatic rings. The van der Waals surface area contributed by atoms with Crippen molar-refractivity contribution in [3.8, 4) is 0 Å². The van der Waals surface area contributed by atoms with Crippen LogP contribution in [0, 0.1) is 0 Å². The predicted octanol–water partition coefficient (Wildman–Crippen LogP) is 9.61. The highest BCUT2D eigenvalue weighted by atomic mass is 79.9. The molecule has 0 aliphatic carbocycles. The average molecular weight is 716 g/mol. The van der Waals surface area contributed by atoms with E-state index in [1.165, 1.54) is 9.80 Å². The number of amides is 4. The van der Waals surface area contributed by atoms with E-state index >= 15 is 0 Å². The van der Waals surface area contributed by atoms with Crippen LogP contribution in [0.1, 0.15) is 108 Å². The van der Waals surface area contributed by atoms with Gasteiger partial charge in [-0.1, -0.05) is 83.5 Å². The van der Waals surface area contributed by atoms with Crippen molar-refractivity contribution in [1.82, 2.24) is 9.80 Å². The highest BCUT2D eigenvalue weighted by Crippen LogP contribution is 2.50. The summed E-state index contributed by atoms with van der Waals surface area (Å²) in [4.78, 5) is 58.6. The van der Waals surface area contributed by atoms with Crippen molar-refractivity contribution in [2.45, 2.75) is 78.3 Å². The minimum atomic E-state index is -0.279. The van der Waals surface area contributed by atoms with Crippen LogP contribution in [0.15, 0.2) is 45.3 Å². The third-order valence-corrected chi connectivity index (χ3v) is 10.9. The van der Waals surface area contributed by atoms with Crippen LogP contribution in [-0.2, 0) is 0 Å². The van der Waals surface area contributed by atoms with Crippen LogP contribution in [0.3, 0.4) is 0 Å². The first-order valence-electron chi connectivity index (χ1n) is 15.5. The fourth-order valence-electron chi connectivity index (χ4n) is 7.46. The fourth-order valence-corrected chi connectivity index (χ4v) is 8.75. The molecule has 8 heteroatoms. The Balaban J connectivity index is 1.54. The van der Waals surface area contributed by atoms with E-state index in [0.717, 1.165) is 79.8 Å². The smallest absolute Gasteiger partial charge is 0.261 e. The second-order valence-electron chi connectivity index (χ2n) is 12.3. The molecule has 4 amide bonds. The number of hydrogen-bond donors (Lipinski definition) is 0. The predicted molar refractivity (Wildman–Crippen MR) is 182 cm³/mol. The van der Waals surface area contributed by atoms with E-state index < -0.39 is 0 Å². The number of benzene rings is 5. The summed E-state index contributed by atoms with van der Waals surface area (Å²) in [6.07, 6.45) is 5.34. The number of carbonyl (C=O) groups excluding carboxylic acids is 4. The molecule has 6 nitrogen and oxygen atoms in total. The minimum absolute atomic E-state index is 0.213. The van der Waals surface area contributed by atoms with Crippen LogP contribution in [0.2, 0.25) is 0 Å². The SMILES string of the molecule is CCCCC(C)N1C(=O)c2ccc3c4c(Br)cc5c6c(ccc(c7c(Br)cc(c2c37)C1=O)c64)C(=O)N(C(C)CCCC)C5=O. The highest BCUT2D eigenvalue weighted by molar-refractivity contribution is 9.11. The van der Waals surface area contributed by atoms with Crippen molar-refractivity contribution in [3.63, 3.8) is 0 Å². The Morgan fingerprint density at radius 1 is 0.545 bits per heavy atom. The molecule has 7 rings (SSSR count). The zero-order valence-corrected chi connectivity index (χ0v) is 28.3. The van der Waals surface area contributed by atoms with Gasteiger partial charge in [0.1, 0.15) is 0 Å². The van der Waals surface area contributed by atoms with Gasteiger partial charge in [0, 0.05) is 75.6 Å². The molecule has 0 saturated heterocycles. The molecule has 2 heterocycles.